The summed E-state index contributed by atoms with van der Waals surface area (Å²) in [4.78, 5) is 3.50. The Kier molecular flexibility index (Phi) is 1.77. The van der Waals surface area contributed by atoms with Gasteiger partial charge in [0.15, 0.2) is 0 Å². The summed E-state index contributed by atoms with van der Waals surface area (Å²) in [5.41, 5.74) is 0.655. The number of anilines is 1. The lowest BCUT2D eigenvalue weighted by atomic mass is 10.2. The second-order valence-corrected chi connectivity index (χ2v) is 3.57. The van der Waals surface area contributed by atoms with Gasteiger partial charge < -0.3 is 10.4 Å². The number of pyridine rings is 1. The monoisotopic (exact) mass is 232 g/mol. The third-order valence-electron chi connectivity index (χ3n) is 1.74. The molecular weight excluding hydrogens is 227 g/mol. The summed E-state index contributed by atoms with van der Waals surface area (Å²) in [6, 6.07) is 1.35. The molecule has 64 valence electrons. The molecule has 2 unspecified atom stereocenters. The van der Waals surface area contributed by atoms with Crippen molar-refractivity contribution in [3.8, 4) is 0 Å². The zero-order valence-corrected chi connectivity index (χ0v) is 7.55. The normalized spacial score (nSPS) is 26.6. The highest BCUT2D eigenvalue weighted by atomic mass is 79.9. The van der Waals surface area contributed by atoms with Gasteiger partial charge in [-0.15, -0.1) is 0 Å². The van der Waals surface area contributed by atoms with E-state index in [1.807, 2.05) is 0 Å². The maximum Gasteiger partial charge on any atom is 0.142 e. The maximum atomic E-state index is 12.7. The van der Waals surface area contributed by atoms with E-state index in [2.05, 4.69) is 26.2 Å². The molecule has 0 bridgehead atoms. The van der Waals surface area contributed by atoms with Crippen LogP contribution < -0.4 is 5.32 Å². The molecule has 0 fully saturated rings. The Balaban J connectivity index is 2.48. The van der Waals surface area contributed by atoms with Crippen molar-refractivity contribution >= 4 is 21.7 Å². The van der Waals surface area contributed by atoms with E-state index in [9.17, 15) is 9.50 Å². The predicted octanol–water partition coefficient (Wildman–Crippen LogP) is 1.40. The van der Waals surface area contributed by atoms with Crippen molar-refractivity contribution in [2.45, 2.75) is 11.1 Å². The molecule has 1 aliphatic rings. The first-order valence-electron chi connectivity index (χ1n) is 3.42. The molecule has 2 rings (SSSR count). The molecule has 3 nitrogen and oxygen atoms in total. The third-order valence-corrected chi connectivity index (χ3v) is 2.74. The van der Waals surface area contributed by atoms with Gasteiger partial charge in [0.05, 0.1) is 11.0 Å². The van der Waals surface area contributed by atoms with Crippen molar-refractivity contribution in [2.24, 2.45) is 0 Å². The van der Waals surface area contributed by atoms with Gasteiger partial charge in [0, 0.05) is 5.56 Å². The first-order chi connectivity index (χ1) is 5.68. The standard InChI is InChI=1S/C7H6BrFN2O/c8-5-4-1-3(9)2-10-6(4)11-7(5)12/h1-2,5,7,12H,(H,10,11). The van der Waals surface area contributed by atoms with Gasteiger partial charge in [-0.2, -0.15) is 0 Å². The second-order valence-electron chi connectivity index (χ2n) is 2.58. The Hall–Kier alpha value is -0.680. The number of aliphatic hydroxyl groups is 1. The number of hydrogen-bond donors (Lipinski definition) is 2. The summed E-state index contributed by atoms with van der Waals surface area (Å²) in [5.74, 6) is 0.139. The lowest BCUT2D eigenvalue weighted by molar-refractivity contribution is 0.210. The van der Waals surface area contributed by atoms with Crippen LogP contribution in [-0.2, 0) is 0 Å². The summed E-state index contributed by atoms with van der Waals surface area (Å²) in [7, 11) is 0. The molecule has 1 aromatic rings. The Labute approximate surface area is 76.8 Å². The summed E-state index contributed by atoms with van der Waals surface area (Å²) in [5, 5.41) is 12.0. The number of alkyl halides is 1. The van der Waals surface area contributed by atoms with Crippen molar-refractivity contribution in [1.29, 1.82) is 0 Å². The summed E-state index contributed by atoms with van der Waals surface area (Å²) in [6.45, 7) is 0. The molecule has 0 saturated heterocycles. The SMILES string of the molecule is OC1Nc2ncc(F)cc2C1Br. The van der Waals surface area contributed by atoms with Crippen LogP contribution in [0.1, 0.15) is 10.4 Å². The minimum atomic E-state index is -0.728. The van der Waals surface area contributed by atoms with Crippen LogP contribution in [0.25, 0.3) is 0 Å². The highest BCUT2D eigenvalue weighted by molar-refractivity contribution is 9.09. The van der Waals surface area contributed by atoms with Gasteiger partial charge in [0.2, 0.25) is 0 Å². The van der Waals surface area contributed by atoms with E-state index in [0.29, 0.717) is 11.4 Å². The van der Waals surface area contributed by atoms with Gasteiger partial charge >= 0.3 is 0 Å². The lowest BCUT2D eigenvalue weighted by Gasteiger charge is -2.04. The van der Waals surface area contributed by atoms with Gasteiger partial charge in [-0.1, -0.05) is 15.9 Å². The fraction of sp³-hybridized carbons (Fsp3) is 0.286. The van der Waals surface area contributed by atoms with E-state index >= 15 is 0 Å². The quantitative estimate of drug-likeness (QED) is 0.665. The first kappa shape index (κ1) is 7.94. The Morgan fingerprint density at radius 1 is 1.67 bits per heavy atom. The Morgan fingerprint density at radius 2 is 2.42 bits per heavy atom. The highest BCUT2D eigenvalue weighted by Crippen LogP contribution is 2.37. The van der Waals surface area contributed by atoms with Crippen LogP contribution in [-0.4, -0.2) is 16.3 Å². The molecule has 0 radical (unpaired) electrons. The largest absolute Gasteiger partial charge is 0.372 e. The second kappa shape index (κ2) is 2.67. The van der Waals surface area contributed by atoms with E-state index in [1.165, 1.54) is 6.07 Å². The molecule has 0 aliphatic carbocycles. The van der Waals surface area contributed by atoms with Gasteiger partial charge in [0.25, 0.3) is 0 Å². The highest BCUT2D eigenvalue weighted by Gasteiger charge is 2.29. The predicted molar refractivity (Wildman–Crippen MR) is 45.5 cm³/mol. The van der Waals surface area contributed by atoms with Crippen molar-refractivity contribution in [3.63, 3.8) is 0 Å². The van der Waals surface area contributed by atoms with Crippen molar-refractivity contribution in [2.75, 3.05) is 5.32 Å². The molecule has 2 N–H and O–H groups in total. The number of nitrogens with zero attached hydrogens (tertiary/aromatic N) is 1. The molecule has 1 aliphatic heterocycles. The van der Waals surface area contributed by atoms with Crippen LogP contribution in [0.15, 0.2) is 12.3 Å². The number of aliphatic hydroxyl groups excluding tert-OH is 1. The molecule has 5 heteroatoms. The zero-order chi connectivity index (χ0) is 8.72. The maximum absolute atomic E-state index is 12.7. The smallest absolute Gasteiger partial charge is 0.142 e. The number of fused-ring (bicyclic) bond motifs is 1. The first-order valence-corrected chi connectivity index (χ1v) is 4.34. The minimum Gasteiger partial charge on any atom is -0.372 e. The van der Waals surface area contributed by atoms with Crippen molar-refractivity contribution in [3.05, 3.63) is 23.6 Å². The number of hydrogen-bond acceptors (Lipinski definition) is 3. The van der Waals surface area contributed by atoms with Crippen LogP contribution in [0.2, 0.25) is 0 Å². The molecular formula is C7H6BrFN2O. The van der Waals surface area contributed by atoms with Crippen molar-refractivity contribution in [1.82, 2.24) is 4.98 Å². The molecule has 1 aromatic heterocycles. The average molecular weight is 233 g/mol. The Bertz CT molecular complexity index is 320. The number of aromatic nitrogens is 1. The minimum absolute atomic E-state index is 0.282. The van der Waals surface area contributed by atoms with Crippen molar-refractivity contribution < 1.29 is 9.50 Å². The fourth-order valence-electron chi connectivity index (χ4n) is 1.17. The van der Waals surface area contributed by atoms with E-state index in [4.69, 9.17) is 0 Å². The number of rotatable bonds is 0. The molecule has 0 spiro atoms. The summed E-state index contributed by atoms with van der Waals surface area (Å²) < 4.78 is 12.7. The molecule has 0 amide bonds. The van der Waals surface area contributed by atoms with Crippen LogP contribution in [0.4, 0.5) is 10.2 Å². The molecule has 0 saturated carbocycles. The summed E-state index contributed by atoms with van der Waals surface area (Å²) >= 11 is 3.22. The summed E-state index contributed by atoms with van der Waals surface area (Å²) in [6.07, 6.45) is 0.387. The number of halogens is 2. The lowest BCUT2D eigenvalue weighted by Crippen LogP contribution is -2.15. The molecule has 0 aromatic carbocycles. The van der Waals surface area contributed by atoms with Gasteiger partial charge in [0.1, 0.15) is 17.9 Å². The topological polar surface area (TPSA) is 45.1 Å². The van der Waals surface area contributed by atoms with E-state index in [1.54, 1.807) is 0 Å². The van der Waals surface area contributed by atoms with E-state index < -0.39 is 12.0 Å². The van der Waals surface area contributed by atoms with Crippen LogP contribution in [0, 0.1) is 5.82 Å². The van der Waals surface area contributed by atoms with E-state index in [-0.39, 0.29) is 4.83 Å². The third kappa shape index (κ3) is 1.09. The van der Waals surface area contributed by atoms with Gasteiger partial charge in [-0.25, -0.2) is 9.37 Å². The number of nitrogens with one attached hydrogen (secondary N) is 1. The zero-order valence-electron chi connectivity index (χ0n) is 5.96. The Morgan fingerprint density at radius 3 is 3.17 bits per heavy atom. The molecule has 2 atom stereocenters. The van der Waals surface area contributed by atoms with Crippen LogP contribution >= 0.6 is 15.9 Å². The fourth-order valence-corrected chi connectivity index (χ4v) is 1.65. The van der Waals surface area contributed by atoms with Gasteiger partial charge in [-0.05, 0) is 6.07 Å². The molecule has 12 heavy (non-hydrogen) atoms. The molecule has 2 heterocycles. The van der Waals surface area contributed by atoms with Crippen LogP contribution in [0.5, 0.6) is 0 Å². The average Bonchev–Trinajstić information content (AvgIpc) is 2.31. The van der Waals surface area contributed by atoms with Gasteiger partial charge in [-0.3, -0.25) is 0 Å². The van der Waals surface area contributed by atoms with Crippen LogP contribution in [0.3, 0.4) is 0 Å². The van der Waals surface area contributed by atoms with E-state index in [0.717, 1.165) is 6.20 Å².